The molecular formula is C29H37N3O5. The number of ether oxygens (including phenoxy) is 3. The monoisotopic (exact) mass is 507 g/mol. The summed E-state index contributed by atoms with van der Waals surface area (Å²) in [5.41, 5.74) is 0.396. The second-order valence-corrected chi connectivity index (χ2v) is 10.6. The summed E-state index contributed by atoms with van der Waals surface area (Å²) >= 11 is 0. The second kappa shape index (κ2) is 10.3. The Balaban J connectivity index is 1.38. The summed E-state index contributed by atoms with van der Waals surface area (Å²) in [6.07, 6.45) is 8.26. The summed E-state index contributed by atoms with van der Waals surface area (Å²) < 4.78 is 17.2. The number of aromatic nitrogens is 1. The molecule has 37 heavy (non-hydrogen) atoms. The molecule has 8 nitrogen and oxygen atoms in total. The third-order valence-corrected chi connectivity index (χ3v) is 8.87. The molecule has 2 aliphatic heterocycles. The van der Waals surface area contributed by atoms with E-state index in [-0.39, 0.29) is 24.0 Å². The van der Waals surface area contributed by atoms with Gasteiger partial charge in [0.05, 0.1) is 19.8 Å². The average Bonchev–Trinajstić information content (AvgIpc) is 3.15. The van der Waals surface area contributed by atoms with Gasteiger partial charge in [0.25, 0.3) is 0 Å². The maximum Gasteiger partial charge on any atom is 0.411 e. The molecule has 0 bridgehead atoms. The summed E-state index contributed by atoms with van der Waals surface area (Å²) in [6.45, 7) is 3.60. The van der Waals surface area contributed by atoms with E-state index in [9.17, 15) is 9.59 Å². The normalized spacial score (nSPS) is 27.3. The van der Waals surface area contributed by atoms with Gasteiger partial charge in [0.1, 0.15) is 16.9 Å². The molecule has 1 atom stereocenters. The first-order chi connectivity index (χ1) is 17.9. The van der Waals surface area contributed by atoms with E-state index in [1.807, 2.05) is 52.4 Å². The van der Waals surface area contributed by atoms with Gasteiger partial charge in [-0.05, 0) is 61.9 Å². The van der Waals surface area contributed by atoms with Crippen molar-refractivity contribution in [2.24, 2.45) is 5.92 Å². The fourth-order valence-corrected chi connectivity index (χ4v) is 6.48. The lowest BCUT2D eigenvalue weighted by atomic mass is 9.70. The highest BCUT2D eigenvalue weighted by Crippen LogP contribution is 2.52. The van der Waals surface area contributed by atoms with Crippen LogP contribution < -0.4 is 4.74 Å². The van der Waals surface area contributed by atoms with Gasteiger partial charge in [0, 0.05) is 51.4 Å². The SMILES string of the molecule is COc1cccc(CN2C(=O)OC3(CCN(C(=O)C4CCC(OC)CC4)CC3)C2(C)c2cccnc2)c1. The molecule has 2 amide bonds. The lowest BCUT2D eigenvalue weighted by molar-refractivity contribution is -0.143. The first-order valence-corrected chi connectivity index (χ1v) is 13.3. The predicted octanol–water partition coefficient (Wildman–Crippen LogP) is 4.52. The molecule has 198 valence electrons. The Bertz CT molecular complexity index is 1110. The molecule has 3 fully saturated rings. The van der Waals surface area contributed by atoms with Crippen molar-refractivity contribution in [3.8, 4) is 5.75 Å². The fourth-order valence-electron chi connectivity index (χ4n) is 6.48. The van der Waals surface area contributed by atoms with E-state index in [0.717, 1.165) is 42.6 Å². The van der Waals surface area contributed by atoms with Gasteiger partial charge in [0.15, 0.2) is 0 Å². The van der Waals surface area contributed by atoms with Crippen LogP contribution in [0, 0.1) is 5.92 Å². The van der Waals surface area contributed by atoms with Gasteiger partial charge in [-0.1, -0.05) is 18.2 Å². The molecule has 2 aromatic rings. The smallest absolute Gasteiger partial charge is 0.411 e. The van der Waals surface area contributed by atoms with E-state index in [4.69, 9.17) is 14.2 Å². The second-order valence-electron chi connectivity index (χ2n) is 10.6. The lowest BCUT2D eigenvalue weighted by Gasteiger charge is -2.48. The van der Waals surface area contributed by atoms with E-state index in [0.29, 0.717) is 32.5 Å². The Morgan fingerprint density at radius 3 is 2.51 bits per heavy atom. The van der Waals surface area contributed by atoms with Crippen LogP contribution in [0.1, 0.15) is 56.6 Å². The van der Waals surface area contributed by atoms with Gasteiger partial charge in [-0.3, -0.25) is 14.7 Å². The number of piperidine rings is 1. The van der Waals surface area contributed by atoms with E-state index >= 15 is 0 Å². The summed E-state index contributed by atoms with van der Waals surface area (Å²) in [4.78, 5) is 35.0. The van der Waals surface area contributed by atoms with Gasteiger partial charge >= 0.3 is 6.09 Å². The molecule has 0 radical (unpaired) electrons. The standard InChI is InChI=1S/C29H37N3O5/c1-28(23-7-5-15-30-19-23)29(37-27(34)32(28)20-21-6-4-8-25(18-21)36-3)13-16-31(17-14-29)26(33)22-9-11-24(35-2)12-10-22/h4-8,15,18-19,22,24H,9-14,16-17,20H2,1-3H3. The minimum atomic E-state index is -0.753. The van der Waals surface area contributed by atoms with Crippen molar-refractivity contribution in [1.29, 1.82) is 0 Å². The summed E-state index contributed by atoms with van der Waals surface area (Å²) in [7, 11) is 3.38. The minimum absolute atomic E-state index is 0.0563. The maximum absolute atomic E-state index is 13.5. The molecule has 1 spiro atoms. The first kappa shape index (κ1) is 25.5. The topological polar surface area (TPSA) is 81.2 Å². The number of benzene rings is 1. The van der Waals surface area contributed by atoms with Crippen molar-refractivity contribution < 1.29 is 23.8 Å². The van der Waals surface area contributed by atoms with Gasteiger partial charge < -0.3 is 19.1 Å². The third-order valence-electron chi connectivity index (χ3n) is 8.87. The quantitative estimate of drug-likeness (QED) is 0.572. The number of pyridine rings is 1. The zero-order valence-corrected chi connectivity index (χ0v) is 22.0. The average molecular weight is 508 g/mol. The van der Waals surface area contributed by atoms with Crippen LogP contribution in [0.3, 0.4) is 0 Å². The number of methoxy groups -OCH3 is 2. The van der Waals surface area contributed by atoms with Gasteiger partial charge in [-0.2, -0.15) is 0 Å². The van der Waals surface area contributed by atoms with E-state index in [1.165, 1.54) is 0 Å². The highest BCUT2D eigenvalue weighted by Gasteiger charge is 2.64. The van der Waals surface area contributed by atoms with E-state index < -0.39 is 11.1 Å². The molecule has 1 aliphatic carbocycles. The van der Waals surface area contributed by atoms with Crippen molar-refractivity contribution >= 4 is 12.0 Å². The zero-order valence-electron chi connectivity index (χ0n) is 22.0. The van der Waals surface area contributed by atoms with Crippen molar-refractivity contribution in [2.45, 2.75) is 69.2 Å². The highest BCUT2D eigenvalue weighted by molar-refractivity contribution is 5.79. The van der Waals surface area contributed by atoms with E-state index in [2.05, 4.69) is 11.9 Å². The van der Waals surface area contributed by atoms with Crippen LogP contribution >= 0.6 is 0 Å². The number of likely N-dealkylation sites (tertiary alicyclic amines) is 1. The predicted molar refractivity (Wildman–Crippen MR) is 138 cm³/mol. The van der Waals surface area contributed by atoms with Crippen LogP contribution in [0.2, 0.25) is 0 Å². The van der Waals surface area contributed by atoms with Crippen molar-refractivity contribution in [2.75, 3.05) is 27.3 Å². The Morgan fingerprint density at radius 1 is 1.11 bits per heavy atom. The van der Waals surface area contributed by atoms with Crippen LogP contribution in [0.25, 0.3) is 0 Å². The van der Waals surface area contributed by atoms with Crippen LogP contribution in [-0.2, 0) is 26.4 Å². The van der Waals surface area contributed by atoms with Crippen LogP contribution in [0.15, 0.2) is 48.8 Å². The van der Waals surface area contributed by atoms with Crippen molar-refractivity contribution in [1.82, 2.24) is 14.8 Å². The molecule has 1 unspecified atom stereocenters. The number of rotatable bonds is 6. The van der Waals surface area contributed by atoms with E-state index in [1.54, 1.807) is 20.4 Å². The Morgan fingerprint density at radius 2 is 1.86 bits per heavy atom. The number of carbonyl (C=O) groups excluding carboxylic acids is 2. The molecule has 0 N–H and O–H groups in total. The Labute approximate surface area is 218 Å². The molecular weight excluding hydrogens is 470 g/mol. The maximum atomic E-state index is 13.5. The summed E-state index contributed by atoms with van der Waals surface area (Å²) in [6, 6.07) is 11.7. The summed E-state index contributed by atoms with van der Waals surface area (Å²) in [5.74, 6) is 1.03. The molecule has 3 heterocycles. The van der Waals surface area contributed by atoms with Crippen LogP contribution in [0.5, 0.6) is 5.75 Å². The minimum Gasteiger partial charge on any atom is -0.497 e. The molecule has 3 aliphatic rings. The van der Waals surface area contributed by atoms with Crippen LogP contribution in [-0.4, -0.2) is 65.8 Å². The van der Waals surface area contributed by atoms with Gasteiger partial charge in [0.2, 0.25) is 5.91 Å². The van der Waals surface area contributed by atoms with Crippen molar-refractivity contribution in [3.05, 3.63) is 59.9 Å². The third kappa shape index (κ3) is 4.56. The number of amides is 2. The number of carbonyl (C=O) groups is 2. The molecule has 1 aromatic heterocycles. The molecule has 1 saturated carbocycles. The molecule has 5 rings (SSSR count). The number of hydrogen-bond donors (Lipinski definition) is 0. The van der Waals surface area contributed by atoms with Crippen LogP contribution in [0.4, 0.5) is 4.79 Å². The highest BCUT2D eigenvalue weighted by atomic mass is 16.6. The molecule has 8 heteroatoms. The molecule has 2 saturated heterocycles. The summed E-state index contributed by atoms with van der Waals surface area (Å²) in [5, 5.41) is 0. The number of nitrogens with zero attached hydrogens (tertiary/aromatic N) is 3. The zero-order chi connectivity index (χ0) is 26.0. The number of hydrogen-bond acceptors (Lipinski definition) is 6. The van der Waals surface area contributed by atoms with Gasteiger partial charge in [-0.15, -0.1) is 0 Å². The molecule has 1 aromatic carbocycles. The fraction of sp³-hybridized carbons (Fsp3) is 0.552. The first-order valence-electron chi connectivity index (χ1n) is 13.3. The Hall–Kier alpha value is -3.13. The Kier molecular flexibility index (Phi) is 7.12. The van der Waals surface area contributed by atoms with Crippen molar-refractivity contribution in [3.63, 3.8) is 0 Å². The van der Waals surface area contributed by atoms with Gasteiger partial charge in [-0.25, -0.2) is 4.79 Å². The lowest BCUT2D eigenvalue weighted by Crippen LogP contribution is -2.59. The largest absolute Gasteiger partial charge is 0.497 e.